The van der Waals surface area contributed by atoms with Crippen molar-refractivity contribution in [3.8, 4) is 0 Å². The summed E-state index contributed by atoms with van der Waals surface area (Å²) in [6.07, 6.45) is 0. The third-order valence-electron chi connectivity index (χ3n) is 1.16. The minimum atomic E-state index is -11.2. The molecule has 0 spiro atoms. The average Bonchev–Trinajstić information content (AvgIpc) is 2.13. The van der Waals surface area contributed by atoms with Gasteiger partial charge in [0.25, 0.3) is 5.69 Å². The summed E-state index contributed by atoms with van der Waals surface area (Å²) in [5, 5.41) is 18.4. The summed E-state index contributed by atoms with van der Waals surface area (Å²) in [5.41, 5.74) is 0.0968. The van der Waals surface area contributed by atoms with E-state index in [1.165, 1.54) is 24.3 Å². The van der Waals surface area contributed by atoms with Crippen LogP contribution in [0.3, 0.4) is 0 Å². The Labute approximate surface area is 97.7 Å². The van der Waals surface area contributed by atoms with Crippen molar-refractivity contribution in [1.29, 1.82) is 5.39 Å². The Morgan fingerprint density at radius 2 is 1.61 bits per heavy atom. The third-order valence-corrected chi connectivity index (χ3v) is 1.16. The Hall–Kier alpha value is -1.56. The van der Waals surface area contributed by atoms with Crippen LogP contribution in [-0.4, -0.2) is 24.4 Å². The molecule has 1 rings (SSSR count). The van der Waals surface area contributed by atoms with E-state index in [2.05, 4.69) is 4.98 Å². The predicted molar refractivity (Wildman–Crippen MR) is 50.2 cm³/mol. The van der Waals surface area contributed by atoms with Crippen molar-refractivity contribution in [3.63, 3.8) is 0 Å². The number of nitro benzene ring substituents is 1. The van der Waals surface area contributed by atoms with Crippen molar-refractivity contribution in [2.24, 2.45) is 0 Å². The second-order valence-corrected chi connectivity index (χ2v) is 8.31. The van der Waals surface area contributed by atoms with Gasteiger partial charge in [-0.2, -0.15) is 0 Å². The van der Waals surface area contributed by atoms with E-state index in [0.29, 0.717) is 0 Å². The first kappa shape index (κ1) is 16.4. The molecule has 0 heterocycles. The van der Waals surface area contributed by atoms with Crippen LogP contribution in [-0.2, 0) is 0 Å². The third kappa shape index (κ3) is 12.5. The average molecular weight is 386 g/mol. The molecule has 0 aliphatic carbocycles. The Kier molecular flexibility index (Phi) is 3.90. The van der Waals surface area contributed by atoms with Crippen LogP contribution in [0.1, 0.15) is 0 Å². The van der Waals surface area contributed by atoms with E-state index in [-0.39, 0.29) is 11.4 Å². The molecule has 1 aromatic carbocycles. The second kappa shape index (κ2) is 4.27. The van der Waals surface area contributed by atoms with Gasteiger partial charge in [-0.1, -0.05) is 0 Å². The van der Waals surface area contributed by atoms with Crippen LogP contribution in [0.5, 0.6) is 0 Å². The van der Waals surface area contributed by atoms with Crippen molar-refractivity contribution < 1.29 is 21.8 Å². The molecule has 0 N–H and O–H groups in total. The van der Waals surface area contributed by atoms with Crippen LogP contribution in [0.25, 0.3) is 4.98 Å². The molecule has 0 atom stereocenters. The normalized spacial score (nSPS) is 14.3. The predicted octanol–water partition coefficient (Wildman–Crippen LogP) is 4.22. The molecule has 0 amide bonds. The maximum atomic E-state index is 10.2. The summed E-state index contributed by atoms with van der Waals surface area (Å²) in [5.74, 6) is 0. The Morgan fingerprint density at radius 3 is 1.94 bits per heavy atom. The topological polar surface area (TPSA) is 71.3 Å². The molecule has 0 fully saturated rings. The number of rotatable bonds is 1. The fraction of sp³-hybridized carbons (Fsp3) is 0. The number of nitro groups is 1. The van der Waals surface area contributed by atoms with Gasteiger partial charge in [0.2, 0.25) is 5.39 Å². The summed E-state index contributed by atoms with van der Waals surface area (Å²) < 4.78 is 59.6. The number of halogens is 6. The molecular formula is C6H4F6N3O2Sb. The fourth-order valence-electron chi connectivity index (χ4n) is 0.669. The van der Waals surface area contributed by atoms with Crippen molar-refractivity contribution in [2.45, 2.75) is 0 Å². The SMILES string of the molecule is N#[N+]c1cccc([N+](=O)[O-])c1.[F][Sb-]([F])([F])([F])([F])[F]. The van der Waals surface area contributed by atoms with E-state index < -0.39 is 24.4 Å². The van der Waals surface area contributed by atoms with Gasteiger partial charge in [0.05, 0.1) is 4.92 Å². The summed E-state index contributed by atoms with van der Waals surface area (Å²) in [6.45, 7) is 0. The van der Waals surface area contributed by atoms with Crippen LogP contribution in [0, 0.1) is 15.5 Å². The molecule has 0 saturated heterocycles. The van der Waals surface area contributed by atoms with Gasteiger partial charge < -0.3 is 0 Å². The first-order valence-electron chi connectivity index (χ1n) is 3.85. The standard InChI is InChI=1S/C6H4N3O2.6FH.Sb/c7-8-5-2-1-3-6(4-5)9(10)11;;;;;;;/h1-4H;6*1H;/q+1;;;;;;;+5/p-6. The number of diazo groups is 1. The van der Waals surface area contributed by atoms with E-state index in [4.69, 9.17) is 5.39 Å². The van der Waals surface area contributed by atoms with Crippen molar-refractivity contribution >= 4 is 30.8 Å². The van der Waals surface area contributed by atoms with E-state index >= 15 is 0 Å². The maximum absolute atomic E-state index is 11.2. The Bertz CT molecular complexity index is 496. The van der Waals surface area contributed by atoms with Crippen molar-refractivity contribution in [3.05, 3.63) is 39.4 Å². The summed E-state index contributed by atoms with van der Waals surface area (Å²) in [6, 6.07) is 5.43. The van der Waals surface area contributed by atoms with Gasteiger partial charge in [0.15, 0.2) is 4.98 Å². The monoisotopic (exact) mass is 385 g/mol. The van der Waals surface area contributed by atoms with Crippen molar-refractivity contribution in [1.82, 2.24) is 0 Å². The van der Waals surface area contributed by atoms with Crippen molar-refractivity contribution in [2.75, 3.05) is 0 Å². The molecule has 0 unspecified atom stereocenters. The van der Waals surface area contributed by atoms with Crippen LogP contribution >= 0.6 is 0 Å². The number of nitrogens with zero attached hydrogens (tertiary/aromatic N) is 3. The molecule has 5 nitrogen and oxygen atoms in total. The van der Waals surface area contributed by atoms with Crippen LogP contribution < -0.4 is 0 Å². The zero-order valence-corrected chi connectivity index (χ0v) is 10.7. The first-order valence-corrected chi connectivity index (χ1v) is 9.64. The van der Waals surface area contributed by atoms with Gasteiger partial charge in [-0.15, -0.1) is 0 Å². The first-order chi connectivity index (χ1) is 7.69. The Balaban J connectivity index is 0.000000360. The van der Waals surface area contributed by atoms with Crippen LogP contribution in [0.15, 0.2) is 24.3 Å². The number of benzene rings is 1. The fourth-order valence-corrected chi connectivity index (χ4v) is 0.669. The number of hydrogen-bond donors (Lipinski definition) is 0. The van der Waals surface area contributed by atoms with Crippen LogP contribution in [0.4, 0.5) is 28.3 Å². The second-order valence-electron chi connectivity index (χ2n) is 2.84. The molecule has 0 saturated carbocycles. The number of non-ortho nitro benzene ring substituents is 1. The molecule has 102 valence electrons. The summed E-state index contributed by atoms with van der Waals surface area (Å²) >= 11 is -11.2. The summed E-state index contributed by atoms with van der Waals surface area (Å²) in [7, 11) is 0. The quantitative estimate of drug-likeness (QED) is 0.239. The zero-order chi connectivity index (χ0) is 14.7. The Morgan fingerprint density at radius 1 is 1.17 bits per heavy atom. The van der Waals surface area contributed by atoms with E-state index in [9.17, 15) is 27.0 Å². The van der Waals surface area contributed by atoms with Gasteiger partial charge in [-0.05, 0) is 6.07 Å². The van der Waals surface area contributed by atoms with Gasteiger partial charge in [0, 0.05) is 12.1 Å². The molecule has 0 aliphatic rings. The van der Waals surface area contributed by atoms with Gasteiger partial charge in [-0.25, -0.2) is 0 Å². The number of hydrogen-bond acceptors (Lipinski definition) is 3. The van der Waals surface area contributed by atoms with Gasteiger partial charge in [0.1, 0.15) is 6.07 Å². The molecule has 0 aliphatic heterocycles. The van der Waals surface area contributed by atoms with E-state index in [1.54, 1.807) is 0 Å². The molecule has 0 bridgehead atoms. The molecular weight excluding hydrogens is 382 g/mol. The molecule has 18 heavy (non-hydrogen) atoms. The molecule has 12 heteroatoms. The molecule has 1 aromatic rings. The summed E-state index contributed by atoms with van der Waals surface area (Å²) in [4.78, 5) is 12.4. The molecule has 0 radical (unpaired) electrons. The van der Waals surface area contributed by atoms with Gasteiger partial charge >= 0.3 is 42.0 Å². The van der Waals surface area contributed by atoms with Crippen LogP contribution in [0.2, 0.25) is 0 Å². The van der Waals surface area contributed by atoms with E-state index in [0.717, 1.165) is 0 Å². The minimum absolute atomic E-state index is 0.0831. The zero-order valence-electron chi connectivity index (χ0n) is 8.18. The molecule has 0 aromatic heterocycles. The van der Waals surface area contributed by atoms with Gasteiger partial charge in [-0.3, -0.25) is 10.1 Å². The van der Waals surface area contributed by atoms with E-state index in [1.807, 2.05) is 0 Å².